The van der Waals surface area contributed by atoms with Crippen LogP contribution in [0.3, 0.4) is 0 Å². The van der Waals surface area contributed by atoms with Crippen LogP contribution < -0.4 is 19.3 Å². The number of amides is 2. The Morgan fingerprint density at radius 2 is 1.07 bits per heavy atom. The largest absolute Gasteiger partial charge is 0.474 e. The first-order valence-corrected chi connectivity index (χ1v) is 21.4. The fourth-order valence-electron chi connectivity index (χ4n) is 8.06. The van der Waals surface area contributed by atoms with E-state index in [1.54, 1.807) is 36.4 Å². The standard InChI is InChI=1S/C27H33N3O2.C20H19BrN2O2/c1-20-10-8-11-21(2)29(20)16-6-3-7-17-30-24-14-4-5-15-25(24)32-26(27(30)31)23-13-9-12-22(18-23)19-28;21-11-4-1-5-12-23-17-9-2-3-10-18(17)25-19(20(23)24)16-8-6-7-15(13-16)14-22/h4-5,9,12-15,18,20-21,26H,3,6-8,10-11,16-17H2,1-2H3;2-3,6-10,13,19H,1,4-5,11-12H2/t20-,21+,26?;. The van der Waals surface area contributed by atoms with Crippen molar-refractivity contribution in [3.63, 3.8) is 0 Å². The molecule has 3 heterocycles. The lowest BCUT2D eigenvalue weighted by molar-refractivity contribution is -0.127. The van der Waals surface area contributed by atoms with Crippen LogP contribution in [0.2, 0.25) is 0 Å². The number of benzene rings is 4. The van der Waals surface area contributed by atoms with Crippen molar-refractivity contribution in [2.45, 2.75) is 95.9 Å². The lowest BCUT2D eigenvalue weighted by atomic mass is 9.97. The van der Waals surface area contributed by atoms with E-state index >= 15 is 0 Å². The number of halogens is 1. The average Bonchev–Trinajstić information content (AvgIpc) is 3.24. The highest BCUT2D eigenvalue weighted by Crippen LogP contribution is 2.40. The fraction of sp³-hybridized carbons (Fsp3) is 0.404. The molecule has 2 unspecified atom stereocenters. The van der Waals surface area contributed by atoms with Gasteiger partial charge in [-0.2, -0.15) is 10.5 Å². The lowest BCUT2D eigenvalue weighted by Crippen LogP contribution is -2.44. The molecule has 9 nitrogen and oxygen atoms in total. The maximum absolute atomic E-state index is 13.4. The number of para-hydroxylation sites is 4. The Labute approximate surface area is 345 Å². The number of carbonyl (C=O) groups excluding carboxylic acids is 2. The molecule has 10 heteroatoms. The molecule has 1 fully saturated rings. The summed E-state index contributed by atoms with van der Waals surface area (Å²) in [7, 11) is 0. The highest BCUT2D eigenvalue weighted by Gasteiger charge is 2.36. The second-order valence-electron chi connectivity index (χ2n) is 15.1. The van der Waals surface area contributed by atoms with Crippen LogP contribution in [0.4, 0.5) is 11.4 Å². The molecular formula is C47H52BrN5O4. The van der Waals surface area contributed by atoms with Gasteiger partial charge in [0.25, 0.3) is 11.8 Å². The van der Waals surface area contributed by atoms with Crippen molar-refractivity contribution >= 4 is 39.1 Å². The van der Waals surface area contributed by atoms with E-state index in [1.165, 1.54) is 19.3 Å². The molecule has 57 heavy (non-hydrogen) atoms. The Hall–Kier alpha value is -5.16. The first kappa shape index (κ1) is 41.5. The van der Waals surface area contributed by atoms with E-state index in [9.17, 15) is 14.9 Å². The monoisotopic (exact) mass is 829 g/mol. The van der Waals surface area contributed by atoms with E-state index in [2.05, 4.69) is 46.8 Å². The zero-order chi connectivity index (χ0) is 40.1. The summed E-state index contributed by atoms with van der Waals surface area (Å²) in [5.74, 6) is 1.29. The van der Waals surface area contributed by atoms with Crippen molar-refractivity contribution in [3.8, 4) is 23.6 Å². The molecule has 1 saturated heterocycles. The highest BCUT2D eigenvalue weighted by molar-refractivity contribution is 9.09. The molecule has 3 aliphatic rings. The third-order valence-corrected chi connectivity index (χ3v) is 11.7. The topological polar surface area (TPSA) is 110 Å². The molecule has 2 amide bonds. The number of carbonyl (C=O) groups is 2. The van der Waals surface area contributed by atoms with Crippen LogP contribution in [0.25, 0.3) is 0 Å². The number of nitrogens with zero attached hydrogens (tertiary/aromatic N) is 5. The van der Waals surface area contributed by atoms with Crippen LogP contribution in [-0.4, -0.2) is 53.8 Å². The van der Waals surface area contributed by atoms with Crippen molar-refractivity contribution in [3.05, 3.63) is 119 Å². The van der Waals surface area contributed by atoms with E-state index in [0.717, 1.165) is 73.1 Å². The molecule has 4 aromatic rings. The molecule has 4 atom stereocenters. The van der Waals surface area contributed by atoms with E-state index in [-0.39, 0.29) is 11.8 Å². The Bertz CT molecular complexity index is 2070. The van der Waals surface area contributed by atoms with Gasteiger partial charge in [0.15, 0.2) is 0 Å². The van der Waals surface area contributed by atoms with Gasteiger partial charge >= 0.3 is 0 Å². The van der Waals surface area contributed by atoms with Crippen molar-refractivity contribution in [2.75, 3.05) is 34.8 Å². The SMILES string of the molecule is C[C@@H]1CCC[C@H](C)N1CCCCCN1C(=O)C(c2cccc(C#N)c2)Oc2ccccc21.N#Cc1cccc(C2Oc3ccccc3N(CCCCCBr)C2=O)c1. The minimum absolute atomic E-state index is 0.0583. The molecule has 296 valence electrons. The zero-order valence-corrected chi connectivity index (χ0v) is 34.6. The second-order valence-corrected chi connectivity index (χ2v) is 15.9. The molecule has 0 aliphatic carbocycles. The molecule has 4 aromatic carbocycles. The first-order valence-electron chi connectivity index (χ1n) is 20.3. The summed E-state index contributed by atoms with van der Waals surface area (Å²) in [5.41, 5.74) is 4.15. The van der Waals surface area contributed by atoms with Gasteiger partial charge in [-0.05, 0) is 107 Å². The molecule has 0 aromatic heterocycles. The fourth-order valence-corrected chi connectivity index (χ4v) is 8.45. The second kappa shape index (κ2) is 20.3. The number of unbranched alkanes of at least 4 members (excludes halogenated alkanes) is 4. The predicted octanol–water partition coefficient (Wildman–Crippen LogP) is 10.0. The molecule has 0 saturated carbocycles. The summed E-state index contributed by atoms with van der Waals surface area (Å²) in [6.45, 7) is 7.18. The number of piperidine rings is 1. The van der Waals surface area contributed by atoms with Crippen molar-refractivity contribution in [1.82, 2.24) is 4.90 Å². The average molecular weight is 831 g/mol. The van der Waals surface area contributed by atoms with Crippen molar-refractivity contribution in [2.24, 2.45) is 0 Å². The van der Waals surface area contributed by atoms with Crippen LogP contribution in [0.15, 0.2) is 97.1 Å². The minimum atomic E-state index is -0.715. The first-order chi connectivity index (χ1) is 27.8. The van der Waals surface area contributed by atoms with Gasteiger partial charge in [0.05, 0.1) is 34.6 Å². The van der Waals surface area contributed by atoms with E-state index < -0.39 is 12.2 Å². The van der Waals surface area contributed by atoms with Crippen molar-refractivity contribution in [1.29, 1.82) is 10.5 Å². The number of ether oxygens (including phenoxy) is 2. The molecule has 3 aliphatic heterocycles. The summed E-state index contributed by atoms with van der Waals surface area (Å²) in [4.78, 5) is 32.8. The van der Waals surface area contributed by atoms with Gasteiger partial charge in [0.2, 0.25) is 12.2 Å². The molecular weight excluding hydrogens is 778 g/mol. The van der Waals surface area contributed by atoms with Gasteiger partial charge in [-0.15, -0.1) is 0 Å². The maximum Gasteiger partial charge on any atom is 0.272 e. The van der Waals surface area contributed by atoms with Crippen LogP contribution in [0, 0.1) is 22.7 Å². The van der Waals surface area contributed by atoms with Gasteiger partial charge in [-0.3, -0.25) is 14.5 Å². The third kappa shape index (κ3) is 10.2. The molecule has 0 bridgehead atoms. The smallest absolute Gasteiger partial charge is 0.272 e. The third-order valence-electron chi connectivity index (χ3n) is 11.1. The van der Waals surface area contributed by atoms with E-state index in [0.29, 0.717) is 47.6 Å². The molecule has 0 spiro atoms. The van der Waals surface area contributed by atoms with Crippen LogP contribution in [-0.2, 0) is 9.59 Å². The molecule has 7 rings (SSSR count). The van der Waals surface area contributed by atoms with Gasteiger partial charge in [0.1, 0.15) is 11.5 Å². The summed E-state index contributed by atoms with van der Waals surface area (Å²) < 4.78 is 12.1. The van der Waals surface area contributed by atoms with Crippen LogP contribution >= 0.6 is 15.9 Å². The van der Waals surface area contributed by atoms with Crippen molar-refractivity contribution < 1.29 is 19.1 Å². The number of fused-ring (bicyclic) bond motifs is 2. The summed E-state index contributed by atoms with van der Waals surface area (Å²) >= 11 is 3.44. The van der Waals surface area contributed by atoms with Crippen LogP contribution in [0.5, 0.6) is 11.5 Å². The Morgan fingerprint density at radius 1 is 0.614 bits per heavy atom. The number of hydrogen-bond donors (Lipinski definition) is 0. The quantitative estimate of drug-likeness (QED) is 0.0975. The van der Waals surface area contributed by atoms with Crippen LogP contribution in [0.1, 0.15) is 106 Å². The normalized spacial score (nSPS) is 20.2. The zero-order valence-electron chi connectivity index (χ0n) is 33.0. The molecule has 0 radical (unpaired) electrons. The minimum Gasteiger partial charge on any atom is -0.474 e. The summed E-state index contributed by atoms with van der Waals surface area (Å²) in [6.07, 6.45) is 8.83. The predicted molar refractivity (Wildman–Crippen MR) is 228 cm³/mol. The van der Waals surface area contributed by atoms with Gasteiger partial charge in [-0.25, -0.2) is 0 Å². The number of nitriles is 2. The highest BCUT2D eigenvalue weighted by atomic mass is 79.9. The summed E-state index contributed by atoms with van der Waals surface area (Å²) in [6, 6.07) is 35.2. The van der Waals surface area contributed by atoms with E-state index in [1.807, 2.05) is 70.5 Å². The Kier molecular flexibility index (Phi) is 14.8. The Morgan fingerprint density at radius 3 is 1.54 bits per heavy atom. The van der Waals surface area contributed by atoms with Gasteiger partial charge < -0.3 is 19.3 Å². The number of likely N-dealkylation sites (tertiary alicyclic amines) is 1. The van der Waals surface area contributed by atoms with Gasteiger partial charge in [0, 0.05) is 41.6 Å². The Balaban J connectivity index is 0.000000199. The summed E-state index contributed by atoms with van der Waals surface area (Å²) in [5, 5.41) is 19.3. The molecule has 0 N–H and O–H groups in total. The van der Waals surface area contributed by atoms with E-state index in [4.69, 9.17) is 14.7 Å². The van der Waals surface area contributed by atoms with Gasteiger partial charge in [-0.1, -0.05) is 83.7 Å². The number of rotatable bonds is 13. The number of anilines is 2. The number of alkyl halides is 1. The lowest BCUT2D eigenvalue weighted by Gasteiger charge is -2.39. The maximum atomic E-state index is 13.4. The number of hydrogen-bond acceptors (Lipinski definition) is 7.